The first kappa shape index (κ1) is 29.2. The molecule has 2 aromatic carbocycles. The molecule has 0 unspecified atom stereocenters. The molecule has 8 N–H and O–H groups in total. The standard InChI is InChI=1S/C21H28O.2H3N.H2O4S/c1-2-3-4-5-6-7-9-14-19-15-12-13-18-21(19)22-20-16-10-8-11-17-20;;;1-5(2,3)4/h8,10-13,15-18H,2-7,9,14H2,1H3;2*1H3;(H2,1,2,3,4). The van der Waals surface area contributed by atoms with Crippen LogP contribution in [0.4, 0.5) is 0 Å². The molecule has 0 aromatic heterocycles. The number of para-hydroxylation sites is 2. The molecule has 0 radical (unpaired) electrons. The number of benzene rings is 2. The molecular weight excluding hydrogens is 392 g/mol. The van der Waals surface area contributed by atoms with Crippen molar-refractivity contribution in [2.75, 3.05) is 0 Å². The Morgan fingerprint density at radius 3 is 1.83 bits per heavy atom. The molecular formula is C21H36N2O5S. The molecule has 2 aromatic rings. The van der Waals surface area contributed by atoms with Crippen molar-refractivity contribution in [3.05, 3.63) is 60.2 Å². The van der Waals surface area contributed by atoms with Gasteiger partial charge in [-0.05, 0) is 36.6 Å². The summed E-state index contributed by atoms with van der Waals surface area (Å²) in [6.45, 7) is 2.27. The summed E-state index contributed by atoms with van der Waals surface area (Å²) in [4.78, 5) is 0. The Morgan fingerprint density at radius 2 is 1.24 bits per heavy atom. The molecule has 8 heteroatoms. The summed E-state index contributed by atoms with van der Waals surface area (Å²) in [5.41, 5.74) is 1.32. The van der Waals surface area contributed by atoms with Gasteiger partial charge in [-0.25, -0.2) is 0 Å². The molecule has 0 amide bonds. The van der Waals surface area contributed by atoms with Crippen LogP contribution in [0.3, 0.4) is 0 Å². The van der Waals surface area contributed by atoms with E-state index in [-0.39, 0.29) is 12.3 Å². The molecule has 0 aliphatic rings. The van der Waals surface area contributed by atoms with Crippen LogP contribution >= 0.6 is 0 Å². The lowest BCUT2D eigenvalue weighted by molar-refractivity contribution is 0.381. The maximum atomic E-state index is 8.74. The highest BCUT2D eigenvalue weighted by atomic mass is 32.3. The molecule has 2 rings (SSSR count). The lowest BCUT2D eigenvalue weighted by Gasteiger charge is -2.11. The fraction of sp³-hybridized carbons (Fsp3) is 0.429. The molecule has 0 saturated heterocycles. The third kappa shape index (κ3) is 16.7. The average molecular weight is 429 g/mol. The third-order valence-electron chi connectivity index (χ3n) is 3.99. The Balaban J connectivity index is 0. The van der Waals surface area contributed by atoms with E-state index in [1.807, 2.05) is 36.4 Å². The van der Waals surface area contributed by atoms with E-state index in [9.17, 15) is 0 Å². The molecule has 0 aliphatic heterocycles. The Labute approximate surface area is 175 Å². The summed E-state index contributed by atoms with van der Waals surface area (Å²) in [6.07, 6.45) is 10.5. The minimum atomic E-state index is -4.67. The highest BCUT2D eigenvalue weighted by molar-refractivity contribution is 7.79. The summed E-state index contributed by atoms with van der Waals surface area (Å²) >= 11 is 0. The van der Waals surface area contributed by atoms with Gasteiger partial charge in [0.15, 0.2) is 0 Å². The van der Waals surface area contributed by atoms with Crippen molar-refractivity contribution in [1.29, 1.82) is 0 Å². The zero-order chi connectivity index (χ0) is 20.0. The van der Waals surface area contributed by atoms with Crippen LogP contribution in [-0.4, -0.2) is 17.5 Å². The fourth-order valence-corrected chi connectivity index (χ4v) is 2.70. The second-order valence-electron chi connectivity index (χ2n) is 6.34. The molecule has 0 bridgehead atoms. The van der Waals surface area contributed by atoms with E-state index >= 15 is 0 Å². The maximum Gasteiger partial charge on any atom is 0.394 e. The number of hydrogen-bond donors (Lipinski definition) is 4. The summed E-state index contributed by atoms with van der Waals surface area (Å²) < 4.78 is 37.6. The van der Waals surface area contributed by atoms with Crippen LogP contribution in [0.2, 0.25) is 0 Å². The van der Waals surface area contributed by atoms with Crippen molar-refractivity contribution in [3.63, 3.8) is 0 Å². The molecule has 0 fully saturated rings. The predicted octanol–water partition coefficient (Wildman–Crippen LogP) is 6.44. The van der Waals surface area contributed by atoms with E-state index in [0.717, 1.165) is 17.9 Å². The first-order valence-electron chi connectivity index (χ1n) is 9.41. The Morgan fingerprint density at radius 1 is 0.759 bits per heavy atom. The van der Waals surface area contributed by atoms with Crippen LogP contribution in [0, 0.1) is 0 Å². The zero-order valence-corrected chi connectivity index (χ0v) is 18.1. The van der Waals surface area contributed by atoms with Gasteiger partial charge in [0.1, 0.15) is 11.5 Å². The van der Waals surface area contributed by atoms with Crippen LogP contribution in [0.25, 0.3) is 0 Å². The van der Waals surface area contributed by atoms with Crippen molar-refractivity contribution >= 4 is 10.4 Å². The van der Waals surface area contributed by atoms with E-state index in [1.165, 1.54) is 50.5 Å². The van der Waals surface area contributed by atoms with Crippen LogP contribution in [0.5, 0.6) is 11.5 Å². The first-order chi connectivity index (χ1) is 12.9. The topological polar surface area (TPSA) is 154 Å². The molecule has 29 heavy (non-hydrogen) atoms. The fourth-order valence-electron chi connectivity index (χ4n) is 2.70. The van der Waals surface area contributed by atoms with Crippen molar-refractivity contribution in [1.82, 2.24) is 12.3 Å². The van der Waals surface area contributed by atoms with Gasteiger partial charge in [0.05, 0.1) is 0 Å². The SMILES string of the molecule is CCCCCCCCCc1ccccc1Oc1ccccc1.N.N.O=S(=O)(O)O. The maximum absolute atomic E-state index is 8.74. The van der Waals surface area contributed by atoms with Crippen LogP contribution in [-0.2, 0) is 16.8 Å². The number of unbranched alkanes of at least 4 members (excludes halogenated alkanes) is 6. The number of rotatable bonds is 10. The first-order valence-corrected chi connectivity index (χ1v) is 10.8. The lowest BCUT2D eigenvalue weighted by Crippen LogP contribution is -1.92. The quantitative estimate of drug-likeness (QED) is 0.250. The summed E-state index contributed by atoms with van der Waals surface area (Å²) in [5.74, 6) is 1.91. The minimum Gasteiger partial charge on any atom is -0.457 e. The smallest absolute Gasteiger partial charge is 0.394 e. The van der Waals surface area contributed by atoms with Gasteiger partial charge >= 0.3 is 10.4 Å². The van der Waals surface area contributed by atoms with Crippen molar-refractivity contribution in [2.24, 2.45) is 0 Å². The van der Waals surface area contributed by atoms with Gasteiger partial charge in [-0.1, -0.05) is 81.8 Å². The second-order valence-corrected chi connectivity index (χ2v) is 7.24. The third-order valence-corrected chi connectivity index (χ3v) is 3.99. The summed E-state index contributed by atoms with van der Waals surface area (Å²) in [7, 11) is -4.67. The number of aryl methyl sites for hydroxylation is 1. The van der Waals surface area contributed by atoms with Crippen molar-refractivity contribution < 1.29 is 22.3 Å². The molecule has 7 nitrogen and oxygen atoms in total. The lowest BCUT2D eigenvalue weighted by atomic mass is 10.0. The summed E-state index contributed by atoms with van der Waals surface area (Å²) in [5, 5.41) is 0. The van der Waals surface area contributed by atoms with Crippen LogP contribution in [0.1, 0.15) is 57.4 Å². The van der Waals surface area contributed by atoms with E-state index in [0.29, 0.717) is 0 Å². The molecule has 0 heterocycles. The van der Waals surface area contributed by atoms with Crippen LogP contribution in [0.15, 0.2) is 54.6 Å². The Bertz CT molecular complexity index is 732. The molecule has 0 spiro atoms. The highest BCUT2D eigenvalue weighted by Crippen LogP contribution is 2.26. The van der Waals surface area contributed by atoms with Gasteiger partial charge in [0.2, 0.25) is 0 Å². The van der Waals surface area contributed by atoms with Gasteiger partial charge in [-0.3, -0.25) is 9.11 Å². The normalized spacial score (nSPS) is 10.0. The Hall–Kier alpha value is -1.97. The van der Waals surface area contributed by atoms with E-state index < -0.39 is 10.4 Å². The minimum absolute atomic E-state index is 0. The highest BCUT2D eigenvalue weighted by Gasteiger charge is 2.04. The summed E-state index contributed by atoms with van der Waals surface area (Å²) in [6, 6.07) is 18.5. The largest absolute Gasteiger partial charge is 0.457 e. The van der Waals surface area contributed by atoms with Crippen LogP contribution < -0.4 is 17.0 Å². The van der Waals surface area contributed by atoms with Gasteiger partial charge in [0.25, 0.3) is 0 Å². The monoisotopic (exact) mass is 428 g/mol. The van der Waals surface area contributed by atoms with Gasteiger partial charge in [-0.2, -0.15) is 8.42 Å². The van der Waals surface area contributed by atoms with E-state index in [2.05, 4.69) is 25.1 Å². The van der Waals surface area contributed by atoms with Crippen molar-refractivity contribution in [2.45, 2.75) is 58.3 Å². The molecule has 166 valence electrons. The number of hydrogen-bond acceptors (Lipinski definition) is 5. The van der Waals surface area contributed by atoms with Crippen molar-refractivity contribution in [3.8, 4) is 11.5 Å². The zero-order valence-electron chi connectivity index (χ0n) is 17.3. The second kappa shape index (κ2) is 16.9. The number of ether oxygens (including phenoxy) is 1. The van der Waals surface area contributed by atoms with Gasteiger partial charge < -0.3 is 17.0 Å². The van der Waals surface area contributed by atoms with Gasteiger partial charge in [0, 0.05) is 0 Å². The molecule has 0 atom stereocenters. The molecule has 0 aliphatic carbocycles. The van der Waals surface area contributed by atoms with E-state index in [4.69, 9.17) is 22.3 Å². The van der Waals surface area contributed by atoms with E-state index in [1.54, 1.807) is 0 Å². The average Bonchev–Trinajstić information content (AvgIpc) is 2.62. The predicted molar refractivity (Wildman–Crippen MR) is 119 cm³/mol. The Kier molecular flexibility index (Phi) is 17.1. The molecule has 0 saturated carbocycles. The van der Waals surface area contributed by atoms with Gasteiger partial charge in [-0.15, -0.1) is 0 Å².